The number of nitrogens with zero attached hydrogens (tertiary/aromatic N) is 1. The second-order valence-corrected chi connectivity index (χ2v) is 10.7. The normalized spacial score (nSPS) is 16.4. The van der Waals surface area contributed by atoms with Crippen LogP contribution in [0.1, 0.15) is 60.0 Å². The first kappa shape index (κ1) is 28.7. The van der Waals surface area contributed by atoms with Crippen LogP contribution in [0, 0.1) is 6.92 Å². The Kier molecular flexibility index (Phi) is 9.65. The van der Waals surface area contributed by atoms with E-state index < -0.39 is 5.97 Å². The molecule has 1 heterocycles. The van der Waals surface area contributed by atoms with E-state index in [4.69, 9.17) is 33.0 Å². The monoisotopic (exact) mass is 566 g/mol. The van der Waals surface area contributed by atoms with Crippen molar-refractivity contribution in [1.29, 1.82) is 0 Å². The molecule has 0 radical (unpaired) electrons. The number of alkyl halides is 1. The topological polar surface area (TPSA) is 88.5 Å². The molecule has 2 aromatic carbocycles. The number of nitrogens with one attached hydrogen (secondary N) is 1. The molecule has 1 amide bonds. The van der Waals surface area contributed by atoms with Crippen molar-refractivity contribution < 1.29 is 19.4 Å². The van der Waals surface area contributed by atoms with Crippen molar-refractivity contribution in [1.82, 2.24) is 10.3 Å². The molecule has 39 heavy (non-hydrogen) atoms. The number of benzene rings is 2. The Morgan fingerprint density at radius 3 is 2.64 bits per heavy atom. The highest BCUT2D eigenvalue weighted by Crippen LogP contribution is 2.37. The van der Waals surface area contributed by atoms with Crippen molar-refractivity contribution in [3.8, 4) is 5.75 Å². The van der Waals surface area contributed by atoms with Crippen LogP contribution in [0.25, 0.3) is 10.9 Å². The van der Waals surface area contributed by atoms with Crippen LogP contribution in [0.4, 0.5) is 0 Å². The number of carboxylic acids is 1. The van der Waals surface area contributed by atoms with Crippen LogP contribution in [0.2, 0.25) is 5.02 Å². The highest BCUT2D eigenvalue weighted by molar-refractivity contribution is 6.31. The number of aromatic nitrogens is 1. The minimum Gasteiger partial charge on any atom is -0.484 e. The molecule has 8 heteroatoms. The van der Waals surface area contributed by atoms with Gasteiger partial charge in [0.1, 0.15) is 11.9 Å². The van der Waals surface area contributed by atoms with Crippen LogP contribution in [-0.2, 0) is 4.79 Å². The number of ether oxygens (including phenoxy) is 1. The zero-order chi connectivity index (χ0) is 27.9. The summed E-state index contributed by atoms with van der Waals surface area (Å²) in [6, 6.07) is 13.1. The van der Waals surface area contributed by atoms with E-state index in [1.165, 1.54) is 0 Å². The van der Waals surface area contributed by atoms with E-state index in [-0.39, 0.29) is 36.3 Å². The lowest BCUT2D eigenvalue weighted by atomic mass is 9.83. The van der Waals surface area contributed by atoms with Gasteiger partial charge >= 0.3 is 5.97 Å². The van der Waals surface area contributed by atoms with Crippen LogP contribution >= 0.6 is 23.2 Å². The van der Waals surface area contributed by atoms with Crippen LogP contribution in [-0.4, -0.2) is 40.0 Å². The molecule has 0 spiro atoms. The summed E-state index contributed by atoms with van der Waals surface area (Å²) in [5.74, 6) is -0.562. The molecule has 3 aromatic rings. The molecule has 1 aromatic heterocycles. The molecule has 1 aliphatic carbocycles. The molecule has 3 atom stereocenters. The minimum absolute atomic E-state index is 0.00889. The summed E-state index contributed by atoms with van der Waals surface area (Å²) in [6.45, 7) is 4.20. The van der Waals surface area contributed by atoms with Crippen LogP contribution < -0.4 is 10.1 Å². The molecule has 1 aliphatic rings. The lowest BCUT2D eigenvalue weighted by molar-refractivity contribution is -0.136. The molecule has 2 N–H and O–H groups in total. The largest absolute Gasteiger partial charge is 0.484 e. The van der Waals surface area contributed by atoms with Gasteiger partial charge in [-0.3, -0.25) is 14.6 Å². The predicted molar refractivity (Wildman–Crippen MR) is 156 cm³/mol. The van der Waals surface area contributed by atoms with Gasteiger partial charge in [-0.1, -0.05) is 55.3 Å². The van der Waals surface area contributed by atoms with Crippen molar-refractivity contribution in [2.75, 3.05) is 6.54 Å². The van der Waals surface area contributed by atoms with Crippen molar-refractivity contribution >= 4 is 46.0 Å². The number of allylic oxidation sites excluding steroid dienone is 2. The second kappa shape index (κ2) is 13.1. The molecular weight excluding hydrogens is 535 g/mol. The third-order valence-electron chi connectivity index (χ3n) is 6.81. The number of carboxylic acid groups (broad SMARTS) is 1. The number of hydrogen-bond acceptors (Lipinski definition) is 4. The van der Waals surface area contributed by atoms with E-state index in [0.29, 0.717) is 22.8 Å². The smallest absolute Gasteiger partial charge is 0.305 e. The van der Waals surface area contributed by atoms with Gasteiger partial charge in [-0.25, -0.2) is 0 Å². The molecule has 204 valence electrons. The van der Waals surface area contributed by atoms with Gasteiger partial charge < -0.3 is 15.2 Å². The van der Waals surface area contributed by atoms with Gasteiger partial charge in [0, 0.05) is 34.6 Å². The van der Waals surface area contributed by atoms with E-state index in [9.17, 15) is 9.59 Å². The highest BCUT2D eigenvalue weighted by atomic mass is 35.5. The minimum atomic E-state index is -0.954. The van der Waals surface area contributed by atoms with Crippen molar-refractivity contribution in [3.63, 3.8) is 0 Å². The van der Waals surface area contributed by atoms with Crippen molar-refractivity contribution in [2.45, 2.75) is 56.9 Å². The Hall–Kier alpha value is -3.35. The summed E-state index contributed by atoms with van der Waals surface area (Å²) in [5, 5.41) is 12.9. The zero-order valence-electron chi connectivity index (χ0n) is 22.0. The number of hydrogen-bond donors (Lipinski definition) is 2. The number of aryl methyl sites for hydroxylation is 1. The van der Waals surface area contributed by atoms with Gasteiger partial charge in [0.2, 0.25) is 0 Å². The lowest BCUT2D eigenvalue weighted by Crippen LogP contribution is -2.29. The average molecular weight is 568 g/mol. The van der Waals surface area contributed by atoms with Gasteiger partial charge in [0.25, 0.3) is 5.91 Å². The number of rotatable bonds is 11. The first-order valence-corrected chi connectivity index (χ1v) is 13.9. The first-order chi connectivity index (χ1) is 18.8. The van der Waals surface area contributed by atoms with Gasteiger partial charge in [-0.05, 0) is 66.8 Å². The third kappa shape index (κ3) is 7.20. The van der Waals surface area contributed by atoms with Crippen LogP contribution in [0.15, 0.2) is 72.5 Å². The number of halogens is 2. The molecule has 0 bridgehead atoms. The van der Waals surface area contributed by atoms with Gasteiger partial charge in [-0.15, -0.1) is 11.6 Å². The summed E-state index contributed by atoms with van der Waals surface area (Å²) in [5.41, 5.74) is 4.38. The Morgan fingerprint density at radius 1 is 1.21 bits per heavy atom. The first-order valence-electron chi connectivity index (χ1n) is 13.1. The average Bonchev–Trinajstić information content (AvgIpc) is 2.91. The fraction of sp³-hybridized carbons (Fsp3) is 0.323. The summed E-state index contributed by atoms with van der Waals surface area (Å²) >= 11 is 12.8. The van der Waals surface area contributed by atoms with E-state index in [0.717, 1.165) is 40.4 Å². The predicted octanol–water partition coefficient (Wildman–Crippen LogP) is 7.23. The molecule has 4 rings (SSSR count). The van der Waals surface area contributed by atoms with E-state index in [1.54, 1.807) is 18.3 Å². The van der Waals surface area contributed by atoms with Crippen LogP contribution in [0.5, 0.6) is 5.75 Å². The number of carbonyl (C=O) groups excluding carboxylic acids is 1. The summed E-state index contributed by atoms with van der Waals surface area (Å²) < 4.78 is 6.84. The molecule has 0 aliphatic heterocycles. The number of aliphatic carboxylic acids is 1. The number of carbonyl (C=O) groups is 2. The SMILES string of the molecule is CCC[C@H](c1ccc(C(=O)NCCC(=O)O)cc1)[C@@H](Oc1ccnc2c(C)cc(Cl)cc12)C1=CCC(Cl)C=C1. The second-order valence-electron chi connectivity index (χ2n) is 9.70. The fourth-order valence-corrected chi connectivity index (χ4v) is 5.31. The van der Waals surface area contributed by atoms with Crippen LogP contribution in [0.3, 0.4) is 0 Å². The molecule has 6 nitrogen and oxygen atoms in total. The lowest BCUT2D eigenvalue weighted by Gasteiger charge is -2.31. The Balaban J connectivity index is 1.69. The maximum atomic E-state index is 12.5. The quantitative estimate of drug-likeness (QED) is 0.239. The van der Waals surface area contributed by atoms with Gasteiger partial charge in [0.15, 0.2) is 0 Å². The fourth-order valence-electron chi connectivity index (χ4n) is 4.88. The zero-order valence-corrected chi connectivity index (χ0v) is 23.5. The van der Waals surface area contributed by atoms with E-state index >= 15 is 0 Å². The Morgan fingerprint density at radius 2 is 1.97 bits per heavy atom. The Labute approximate surface area is 238 Å². The van der Waals surface area contributed by atoms with Gasteiger partial charge in [0.05, 0.1) is 17.3 Å². The molecule has 1 unspecified atom stereocenters. The summed E-state index contributed by atoms with van der Waals surface area (Å²) in [7, 11) is 0. The Bertz CT molecular complexity index is 1400. The number of fused-ring (bicyclic) bond motifs is 1. The molecule has 0 fully saturated rings. The standard InChI is InChI=1S/C31H32Cl2N2O4/c1-3-4-25(20-5-7-22(8-6-20)31(38)35-16-14-28(36)37)30(21-9-11-23(32)12-10-21)39-27-13-15-34-29-19(2)17-24(33)18-26(27)29/h5-11,13,15,17-18,23,25,30H,3-4,12,14,16H2,1-2H3,(H,35,38)(H,36,37)/t23?,25-,30+/m1/s1. The summed E-state index contributed by atoms with van der Waals surface area (Å²) in [6.07, 6.45) is 9.98. The maximum Gasteiger partial charge on any atom is 0.305 e. The molecular formula is C31H32Cl2N2O4. The van der Waals surface area contributed by atoms with Crippen molar-refractivity contribution in [2.24, 2.45) is 0 Å². The maximum absolute atomic E-state index is 12.5. The summed E-state index contributed by atoms with van der Waals surface area (Å²) in [4.78, 5) is 27.8. The highest BCUT2D eigenvalue weighted by Gasteiger charge is 2.29. The van der Waals surface area contributed by atoms with Crippen molar-refractivity contribution in [3.05, 3.63) is 94.2 Å². The number of pyridine rings is 1. The number of amides is 1. The molecule has 0 saturated carbocycles. The third-order valence-corrected chi connectivity index (χ3v) is 7.35. The van der Waals surface area contributed by atoms with E-state index in [2.05, 4.69) is 23.3 Å². The van der Waals surface area contributed by atoms with E-state index in [1.807, 2.05) is 49.4 Å². The molecule has 0 saturated heterocycles. The van der Waals surface area contributed by atoms with Gasteiger partial charge in [-0.2, -0.15) is 0 Å².